The number of halogens is 3. The van der Waals surface area contributed by atoms with E-state index in [2.05, 4.69) is 10.1 Å². The standard InChI is InChI=1S/C28H26F3N5O3/c29-28(30,31)21-5-1-3-19(13-21)20-4-2-6-22(14-20)36-24-23(15-33-36)26(38)35(17-32-24)16-27(39)9-11-34(12-10-27)25(37)18-7-8-18/h1-6,13-15,17-18,39H,7-12,16H2. The molecule has 4 aromatic rings. The zero-order valence-electron chi connectivity index (χ0n) is 20.9. The first-order chi connectivity index (χ1) is 18.6. The number of amides is 1. The molecule has 1 aliphatic heterocycles. The number of hydrogen-bond donors (Lipinski definition) is 1. The Kier molecular flexibility index (Phi) is 6.05. The van der Waals surface area contributed by atoms with Crippen molar-refractivity contribution in [1.82, 2.24) is 24.2 Å². The number of rotatable bonds is 5. The van der Waals surface area contributed by atoms with Crippen LogP contribution in [0.1, 0.15) is 31.2 Å². The Hall–Kier alpha value is -3.99. The fourth-order valence-electron chi connectivity index (χ4n) is 5.15. The molecule has 2 fully saturated rings. The van der Waals surface area contributed by atoms with Gasteiger partial charge in [0.15, 0.2) is 5.65 Å². The second kappa shape index (κ2) is 9.33. The van der Waals surface area contributed by atoms with Gasteiger partial charge in [0.25, 0.3) is 5.56 Å². The lowest BCUT2D eigenvalue weighted by Gasteiger charge is -2.38. The van der Waals surface area contributed by atoms with E-state index in [4.69, 9.17) is 0 Å². The van der Waals surface area contributed by atoms with Crippen LogP contribution in [0.4, 0.5) is 13.2 Å². The highest BCUT2D eigenvalue weighted by Crippen LogP contribution is 2.34. The van der Waals surface area contributed by atoms with Crippen LogP contribution in [0.25, 0.3) is 27.8 Å². The predicted molar refractivity (Wildman–Crippen MR) is 137 cm³/mol. The summed E-state index contributed by atoms with van der Waals surface area (Å²) in [6.45, 7) is 0.962. The SMILES string of the molecule is O=C(C1CC1)N1CCC(O)(Cn2cnc3c(cnn3-c3cccc(-c4cccc(C(F)(F)F)c4)c3)c2=O)CC1. The van der Waals surface area contributed by atoms with Crippen molar-refractivity contribution < 1.29 is 23.1 Å². The molecule has 0 unspecified atom stereocenters. The Morgan fingerprint density at radius 3 is 2.44 bits per heavy atom. The first kappa shape index (κ1) is 25.3. The van der Waals surface area contributed by atoms with Gasteiger partial charge >= 0.3 is 6.18 Å². The van der Waals surface area contributed by atoms with Crippen molar-refractivity contribution in [2.75, 3.05) is 13.1 Å². The first-order valence-corrected chi connectivity index (χ1v) is 12.8. The number of carbonyl (C=O) groups excluding carboxylic acids is 1. The van der Waals surface area contributed by atoms with Crippen LogP contribution in [0.2, 0.25) is 0 Å². The van der Waals surface area contributed by atoms with E-state index in [1.807, 2.05) is 0 Å². The molecule has 2 aromatic carbocycles. The number of hydrogen-bond acceptors (Lipinski definition) is 5. The molecule has 0 spiro atoms. The van der Waals surface area contributed by atoms with Crippen LogP contribution in [0.15, 0.2) is 65.8 Å². The average molecular weight is 538 g/mol. The summed E-state index contributed by atoms with van der Waals surface area (Å²) < 4.78 is 42.4. The van der Waals surface area contributed by atoms with Gasteiger partial charge in [0.2, 0.25) is 5.91 Å². The molecule has 1 aliphatic carbocycles. The number of likely N-dealkylation sites (tertiary alicyclic amines) is 1. The fraction of sp³-hybridized carbons (Fsp3) is 0.357. The molecule has 6 rings (SSSR count). The van der Waals surface area contributed by atoms with E-state index in [0.29, 0.717) is 48.4 Å². The summed E-state index contributed by atoms with van der Waals surface area (Å²) in [7, 11) is 0. The molecule has 1 saturated carbocycles. The van der Waals surface area contributed by atoms with E-state index in [1.54, 1.807) is 35.2 Å². The lowest BCUT2D eigenvalue weighted by atomic mass is 9.91. The second-order valence-electron chi connectivity index (χ2n) is 10.4. The van der Waals surface area contributed by atoms with Crippen molar-refractivity contribution >= 4 is 16.9 Å². The number of aromatic nitrogens is 4. The summed E-state index contributed by atoms with van der Waals surface area (Å²) in [5, 5.41) is 15.7. The van der Waals surface area contributed by atoms with Crippen molar-refractivity contribution in [3.05, 3.63) is 77.0 Å². The van der Waals surface area contributed by atoms with Gasteiger partial charge in [0.1, 0.15) is 11.7 Å². The molecule has 3 heterocycles. The number of benzene rings is 2. The first-order valence-electron chi connectivity index (χ1n) is 12.8. The highest BCUT2D eigenvalue weighted by atomic mass is 19.4. The van der Waals surface area contributed by atoms with E-state index in [-0.39, 0.29) is 29.3 Å². The molecule has 0 atom stereocenters. The van der Waals surface area contributed by atoms with Gasteiger partial charge in [0.05, 0.1) is 29.6 Å². The van der Waals surface area contributed by atoms with Crippen LogP contribution in [-0.2, 0) is 17.5 Å². The van der Waals surface area contributed by atoms with E-state index >= 15 is 0 Å². The summed E-state index contributed by atoms with van der Waals surface area (Å²) in [5.74, 6) is 0.287. The Morgan fingerprint density at radius 2 is 1.74 bits per heavy atom. The van der Waals surface area contributed by atoms with Crippen LogP contribution < -0.4 is 5.56 Å². The fourth-order valence-corrected chi connectivity index (χ4v) is 5.15. The van der Waals surface area contributed by atoms with Gasteiger partial charge in [-0.25, -0.2) is 9.67 Å². The second-order valence-corrected chi connectivity index (χ2v) is 10.4. The molecule has 0 radical (unpaired) electrons. The minimum atomic E-state index is -4.45. The number of nitrogens with zero attached hydrogens (tertiary/aromatic N) is 5. The van der Waals surface area contributed by atoms with Crippen molar-refractivity contribution in [2.45, 2.75) is 44.0 Å². The van der Waals surface area contributed by atoms with Crippen molar-refractivity contribution in [3.63, 3.8) is 0 Å². The van der Waals surface area contributed by atoms with Gasteiger partial charge in [0, 0.05) is 19.0 Å². The molecular formula is C28H26F3N5O3. The van der Waals surface area contributed by atoms with Gasteiger partial charge in [-0.3, -0.25) is 14.2 Å². The van der Waals surface area contributed by atoms with Gasteiger partial charge in [-0.15, -0.1) is 0 Å². The Labute approximate surface area is 221 Å². The monoisotopic (exact) mass is 537 g/mol. The Morgan fingerprint density at radius 1 is 1.05 bits per heavy atom. The topological polar surface area (TPSA) is 93.2 Å². The number of piperidine rings is 1. The van der Waals surface area contributed by atoms with E-state index in [0.717, 1.165) is 25.0 Å². The molecule has 2 aliphatic rings. The van der Waals surface area contributed by atoms with Crippen molar-refractivity contribution in [1.29, 1.82) is 0 Å². The molecule has 11 heteroatoms. The molecule has 1 N–H and O–H groups in total. The number of aliphatic hydroxyl groups is 1. The van der Waals surface area contributed by atoms with Crippen molar-refractivity contribution in [3.8, 4) is 16.8 Å². The molecule has 202 valence electrons. The van der Waals surface area contributed by atoms with Crippen LogP contribution in [0, 0.1) is 5.92 Å². The Bertz CT molecular complexity index is 1610. The van der Waals surface area contributed by atoms with E-state index in [9.17, 15) is 27.9 Å². The van der Waals surface area contributed by atoms with Crippen LogP contribution in [0.5, 0.6) is 0 Å². The largest absolute Gasteiger partial charge is 0.416 e. The highest BCUT2D eigenvalue weighted by molar-refractivity contribution is 5.81. The summed E-state index contributed by atoms with van der Waals surface area (Å²) >= 11 is 0. The highest BCUT2D eigenvalue weighted by Gasteiger charge is 2.39. The average Bonchev–Trinajstić information content (AvgIpc) is 3.68. The molecule has 39 heavy (non-hydrogen) atoms. The van der Waals surface area contributed by atoms with E-state index < -0.39 is 17.3 Å². The number of alkyl halides is 3. The lowest BCUT2D eigenvalue weighted by molar-refractivity contribution is -0.138. The van der Waals surface area contributed by atoms with Crippen LogP contribution >= 0.6 is 0 Å². The van der Waals surface area contributed by atoms with Gasteiger partial charge in [-0.05, 0) is 61.1 Å². The quantitative estimate of drug-likeness (QED) is 0.415. The normalized spacial score (nSPS) is 17.5. The smallest absolute Gasteiger partial charge is 0.388 e. The van der Waals surface area contributed by atoms with Gasteiger partial charge in [-0.1, -0.05) is 24.3 Å². The van der Waals surface area contributed by atoms with Crippen molar-refractivity contribution in [2.24, 2.45) is 5.92 Å². The number of fused-ring (bicyclic) bond motifs is 1. The summed E-state index contributed by atoms with van der Waals surface area (Å²) in [6, 6.07) is 11.9. The maximum absolute atomic E-state index is 13.3. The van der Waals surface area contributed by atoms with Crippen LogP contribution in [-0.4, -0.2) is 53.9 Å². The minimum absolute atomic E-state index is 0.0520. The Balaban J connectivity index is 1.25. The molecule has 8 nitrogen and oxygen atoms in total. The zero-order chi connectivity index (χ0) is 27.4. The third-order valence-corrected chi connectivity index (χ3v) is 7.57. The molecule has 0 bridgehead atoms. The third kappa shape index (κ3) is 4.94. The molecule has 2 aromatic heterocycles. The summed E-state index contributed by atoms with van der Waals surface area (Å²) in [4.78, 5) is 31.8. The molecule has 1 saturated heterocycles. The predicted octanol–water partition coefficient (Wildman–Crippen LogP) is 4.03. The maximum atomic E-state index is 13.3. The van der Waals surface area contributed by atoms with Gasteiger partial charge in [-0.2, -0.15) is 18.3 Å². The van der Waals surface area contributed by atoms with E-state index in [1.165, 1.54) is 27.8 Å². The maximum Gasteiger partial charge on any atom is 0.416 e. The minimum Gasteiger partial charge on any atom is -0.388 e. The summed E-state index contributed by atoms with van der Waals surface area (Å²) in [6.07, 6.45) is 0.939. The molecule has 1 amide bonds. The zero-order valence-corrected chi connectivity index (χ0v) is 20.9. The third-order valence-electron chi connectivity index (χ3n) is 7.57. The van der Waals surface area contributed by atoms with Crippen LogP contribution in [0.3, 0.4) is 0 Å². The lowest BCUT2D eigenvalue weighted by Crippen LogP contribution is -2.50. The molecular weight excluding hydrogens is 511 g/mol. The number of carbonyl (C=O) groups is 1. The summed E-state index contributed by atoms with van der Waals surface area (Å²) in [5.41, 5.74) is -0.426. The van der Waals surface area contributed by atoms with Gasteiger partial charge < -0.3 is 10.0 Å².